The van der Waals surface area contributed by atoms with E-state index >= 15 is 0 Å². The number of benzene rings is 1. The molecule has 0 saturated carbocycles. The Morgan fingerprint density at radius 1 is 1.22 bits per heavy atom. The van der Waals surface area contributed by atoms with Gasteiger partial charge in [-0.1, -0.05) is 23.6 Å². The van der Waals surface area contributed by atoms with Crippen LogP contribution >= 0.6 is 11.6 Å². The highest BCUT2D eigenvalue weighted by Gasteiger charge is 2.19. The fraction of sp³-hybridized carbons (Fsp3) is 0.0952. The topological polar surface area (TPSA) is 143 Å². The zero-order chi connectivity index (χ0) is 22.7. The first-order chi connectivity index (χ1) is 15.5. The summed E-state index contributed by atoms with van der Waals surface area (Å²) < 4.78 is 13.0. The van der Waals surface area contributed by atoms with Gasteiger partial charge in [-0.3, -0.25) is 4.79 Å². The third-order valence-electron chi connectivity index (χ3n) is 4.44. The number of aromatic nitrogens is 5. The van der Waals surface area contributed by atoms with Gasteiger partial charge in [0.25, 0.3) is 5.56 Å². The maximum absolute atomic E-state index is 13.0. The molecular formula is C21H15ClFN7O2. The standard InChI is InChI=1S/C21H15ClFN7O2/c22-14-2-1-3-15-17(14)21(32)30-20(28-15)16(9-31)29-19-13(18(24)26-10-27-19)7-6-12-5-4-11(23)8-25-12/h1-5,8,10,16,31H,9H2,(H,28,30,32)(H3,24,26,27,29). The monoisotopic (exact) mass is 451 g/mol. The van der Waals surface area contributed by atoms with Crippen LogP contribution in [0, 0.1) is 17.7 Å². The first-order valence-electron chi connectivity index (χ1n) is 9.26. The summed E-state index contributed by atoms with van der Waals surface area (Å²) in [6, 6.07) is 6.71. The Balaban J connectivity index is 1.71. The van der Waals surface area contributed by atoms with Gasteiger partial charge in [-0.05, 0) is 30.2 Å². The molecule has 0 aliphatic carbocycles. The molecule has 1 unspecified atom stereocenters. The van der Waals surface area contributed by atoms with E-state index < -0.39 is 24.0 Å². The lowest BCUT2D eigenvalue weighted by molar-refractivity contribution is 0.272. The lowest BCUT2D eigenvalue weighted by Crippen LogP contribution is -2.23. The van der Waals surface area contributed by atoms with Crippen LogP contribution in [0.3, 0.4) is 0 Å². The van der Waals surface area contributed by atoms with E-state index in [0.29, 0.717) is 11.2 Å². The van der Waals surface area contributed by atoms with Crippen molar-refractivity contribution in [3.63, 3.8) is 0 Å². The molecule has 1 atom stereocenters. The minimum Gasteiger partial charge on any atom is -0.394 e. The van der Waals surface area contributed by atoms with Crippen LogP contribution in [0.15, 0.2) is 47.7 Å². The maximum atomic E-state index is 13.0. The number of nitrogens with one attached hydrogen (secondary N) is 2. The number of anilines is 2. The molecule has 4 rings (SSSR count). The van der Waals surface area contributed by atoms with Gasteiger partial charge in [0.15, 0.2) is 0 Å². The van der Waals surface area contributed by atoms with Crippen LogP contribution in [-0.2, 0) is 0 Å². The molecule has 5 N–H and O–H groups in total. The van der Waals surface area contributed by atoms with Crippen LogP contribution < -0.4 is 16.6 Å². The minimum atomic E-state index is -0.843. The van der Waals surface area contributed by atoms with Gasteiger partial charge in [0.05, 0.1) is 28.7 Å². The van der Waals surface area contributed by atoms with Crippen molar-refractivity contribution in [3.05, 3.63) is 81.1 Å². The van der Waals surface area contributed by atoms with Crippen LogP contribution in [0.5, 0.6) is 0 Å². The number of nitrogen functional groups attached to an aromatic ring is 1. The molecule has 11 heteroatoms. The van der Waals surface area contributed by atoms with Gasteiger partial charge in [-0.15, -0.1) is 0 Å². The van der Waals surface area contributed by atoms with Gasteiger partial charge in [0, 0.05) is 0 Å². The zero-order valence-corrected chi connectivity index (χ0v) is 17.1. The predicted octanol–water partition coefficient (Wildman–Crippen LogP) is 2.03. The van der Waals surface area contributed by atoms with Gasteiger partial charge in [0.1, 0.15) is 46.9 Å². The van der Waals surface area contributed by atoms with Crippen LogP contribution in [0.1, 0.15) is 23.1 Å². The van der Waals surface area contributed by atoms with Crippen molar-refractivity contribution >= 4 is 34.1 Å². The fourth-order valence-corrected chi connectivity index (χ4v) is 3.16. The SMILES string of the molecule is Nc1ncnc(NC(CO)c2nc3cccc(Cl)c3c(=O)[nH]2)c1C#Cc1ccc(F)cn1. The lowest BCUT2D eigenvalue weighted by atomic mass is 10.2. The highest BCUT2D eigenvalue weighted by molar-refractivity contribution is 6.35. The number of hydrogen-bond acceptors (Lipinski definition) is 8. The van der Waals surface area contributed by atoms with Crippen molar-refractivity contribution in [1.29, 1.82) is 0 Å². The molecule has 32 heavy (non-hydrogen) atoms. The number of halogens is 2. The fourth-order valence-electron chi connectivity index (χ4n) is 2.91. The molecule has 4 aromatic rings. The Bertz CT molecular complexity index is 1410. The summed E-state index contributed by atoms with van der Waals surface area (Å²) in [4.78, 5) is 31.5. The van der Waals surface area contributed by atoms with Crippen LogP contribution in [0.2, 0.25) is 5.02 Å². The van der Waals surface area contributed by atoms with E-state index in [9.17, 15) is 14.3 Å². The van der Waals surface area contributed by atoms with E-state index in [1.165, 1.54) is 18.5 Å². The highest BCUT2D eigenvalue weighted by Crippen LogP contribution is 2.23. The van der Waals surface area contributed by atoms with E-state index in [0.717, 1.165) is 6.20 Å². The Morgan fingerprint density at radius 3 is 2.81 bits per heavy atom. The number of aliphatic hydroxyl groups excluding tert-OH is 1. The molecule has 0 aliphatic heterocycles. The Morgan fingerprint density at radius 2 is 2.06 bits per heavy atom. The molecule has 0 aliphatic rings. The summed E-state index contributed by atoms with van der Waals surface area (Å²) in [5.41, 5.74) is 6.44. The molecule has 1 aromatic carbocycles. The molecule has 0 saturated heterocycles. The smallest absolute Gasteiger partial charge is 0.260 e. The van der Waals surface area contributed by atoms with Crippen LogP contribution in [0.25, 0.3) is 10.9 Å². The molecule has 3 aromatic heterocycles. The maximum Gasteiger partial charge on any atom is 0.260 e. The first-order valence-corrected chi connectivity index (χ1v) is 9.64. The Kier molecular flexibility index (Phi) is 5.93. The summed E-state index contributed by atoms with van der Waals surface area (Å²) in [6.45, 7) is -0.425. The van der Waals surface area contributed by atoms with E-state index in [4.69, 9.17) is 17.3 Å². The number of nitrogens with two attached hydrogens (primary N) is 1. The number of H-pyrrole nitrogens is 1. The number of fused-ring (bicyclic) bond motifs is 1. The highest BCUT2D eigenvalue weighted by atomic mass is 35.5. The molecule has 0 fully saturated rings. The molecule has 0 amide bonds. The van der Waals surface area contributed by atoms with E-state index in [1.54, 1.807) is 18.2 Å². The quantitative estimate of drug-likeness (QED) is 0.345. The van der Waals surface area contributed by atoms with E-state index in [2.05, 4.69) is 42.1 Å². The van der Waals surface area contributed by atoms with Crippen molar-refractivity contribution in [2.75, 3.05) is 17.7 Å². The molecule has 0 radical (unpaired) electrons. The Labute approximate surface area is 185 Å². The number of aromatic amines is 1. The third-order valence-corrected chi connectivity index (χ3v) is 4.76. The summed E-state index contributed by atoms with van der Waals surface area (Å²) in [6.07, 6.45) is 2.27. The summed E-state index contributed by atoms with van der Waals surface area (Å²) in [5.74, 6) is 5.55. The second-order valence-corrected chi connectivity index (χ2v) is 6.97. The van der Waals surface area contributed by atoms with Crippen LogP contribution in [-0.4, -0.2) is 36.6 Å². The number of hydrogen-bond donors (Lipinski definition) is 4. The summed E-state index contributed by atoms with van der Waals surface area (Å²) in [7, 11) is 0. The lowest BCUT2D eigenvalue weighted by Gasteiger charge is -2.17. The number of nitrogens with zero attached hydrogens (tertiary/aromatic N) is 4. The van der Waals surface area contributed by atoms with Crippen molar-refractivity contribution < 1.29 is 9.50 Å². The van der Waals surface area contributed by atoms with Crippen molar-refractivity contribution in [2.45, 2.75) is 6.04 Å². The summed E-state index contributed by atoms with van der Waals surface area (Å²) in [5, 5.41) is 13.4. The molecular weight excluding hydrogens is 437 g/mol. The van der Waals surface area contributed by atoms with E-state index in [1.807, 2.05) is 0 Å². The van der Waals surface area contributed by atoms with Gasteiger partial charge in [0.2, 0.25) is 0 Å². The molecule has 0 spiro atoms. The van der Waals surface area contributed by atoms with E-state index in [-0.39, 0.29) is 33.4 Å². The molecule has 9 nitrogen and oxygen atoms in total. The van der Waals surface area contributed by atoms with Gasteiger partial charge in [-0.25, -0.2) is 24.3 Å². The number of rotatable bonds is 4. The van der Waals surface area contributed by atoms with Gasteiger partial charge in [-0.2, -0.15) is 0 Å². The van der Waals surface area contributed by atoms with Gasteiger partial charge >= 0.3 is 0 Å². The van der Waals surface area contributed by atoms with Crippen LogP contribution in [0.4, 0.5) is 16.0 Å². The molecule has 3 heterocycles. The summed E-state index contributed by atoms with van der Waals surface area (Å²) >= 11 is 6.09. The Hall–Kier alpha value is -4.07. The predicted molar refractivity (Wildman–Crippen MR) is 117 cm³/mol. The first kappa shape index (κ1) is 21.2. The normalized spacial score (nSPS) is 11.6. The number of pyridine rings is 1. The van der Waals surface area contributed by atoms with Crippen molar-refractivity contribution in [1.82, 2.24) is 24.9 Å². The molecule has 160 valence electrons. The number of aliphatic hydroxyl groups is 1. The van der Waals surface area contributed by atoms with Crippen molar-refractivity contribution in [3.8, 4) is 11.8 Å². The second-order valence-electron chi connectivity index (χ2n) is 6.56. The third kappa shape index (κ3) is 4.34. The van der Waals surface area contributed by atoms with Crippen molar-refractivity contribution in [2.24, 2.45) is 0 Å². The average molecular weight is 452 g/mol. The largest absolute Gasteiger partial charge is 0.394 e. The average Bonchev–Trinajstić information content (AvgIpc) is 2.78. The minimum absolute atomic E-state index is 0.0838. The molecule has 0 bridgehead atoms. The van der Waals surface area contributed by atoms with Gasteiger partial charge < -0.3 is 21.1 Å². The second kappa shape index (κ2) is 8.97. The zero-order valence-electron chi connectivity index (χ0n) is 16.3.